The molecule has 0 aliphatic carbocycles. The highest BCUT2D eigenvalue weighted by atomic mass is 32.1. The zero-order valence-electron chi connectivity index (χ0n) is 8.44. The molecular formula is C10H16N2OS. The Kier molecular flexibility index (Phi) is 4.79. The SMILES string of the molecule is C=CCN(CCO)Cc1cnc(C)s1. The van der Waals surface area contributed by atoms with Crippen molar-refractivity contribution < 1.29 is 5.11 Å². The van der Waals surface area contributed by atoms with Gasteiger partial charge in [-0.25, -0.2) is 4.98 Å². The van der Waals surface area contributed by atoms with Crippen LogP contribution in [0.5, 0.6) is 0 Å². The van der Waals surface area contributed by atoms with Gasteiger partial charge in [-0.05, 0) is 6.92 Å². The highest BCUT2D eigenvalue weighted by molar-refractivity contribution is 7.11. The van der Waals surface area contributed by atoms with E-state index >= 15 is 0 Å². The standard InChI is InChI=1S/C10H16N2OS/c1-3-4-12(5-6-13)8-10-7-11-9(2)14-10/h3,7,13H,1,4-6,8H2,2H3. The Bertz CT molecular complexity index is 285. The van der Waals surface area contributed by atoms with Crippen molar-refractivity contribution >= 4 is 11.3 Å². The second-order valence-electron chi connectivity index (χ2n) is 3.09. The second kappa shape index (κ2) is 5.90. The van der Waals surface area contributed by atoms with E-state index in [4.69, 9.17) is 5.11 Å². The van der Waals surface area contributed by atoms with E-state index in [1.165, 1.54) is 4.88 Å². The van der Waals surface area contributed by atoms with Gasteiger partial charge in [0.2, 0.25) is 0 Å². The van der Waals surface area contributed by atoms with Gasteiger partial charge in [0.15, 0.2) is 0 Å². The summed E-state index contributed by atoms with van der Waals surface area (Å²) in [5, 5.41) is 9.94. The van der Waals surface area contributed by atoms with Gasteiger partial charge in [0.25, 0.3) is 0 Å². The van der Waals surface area contributed by atoms with Gasteiger partial charge in [0.05, 0.1) is 11.6 Å². The summed E-state index contributed by atoms with van der Waals surface area (Å²) in [7, 11) is 0. The van der Waals surface area contributed by atoms with Crippen LogP contribution in [0.3, 0.4) is 0 Å². The van der Waals surface area contributed by atoms with Gasteiger partial charge < -0.3 is 5.11 Å². The Morgan fingerprint density at radius 1 is 1.71 bits per heavy atom. The molecule has 1 N–H and O–H groups in total. The third kappa shape index (κ3) is 3.57. The van der Waals surface area contributed by atoms with Gasteiger partial charge in [-0.1, -0.05) is 6.08 Å². The lowest BCUT2D eigenvalue weighted by atomic mass is 10.4. The molecule has 1 rings (SSSR count). The van der Waals surface area contributed by atoms with E-state index in [1.807, 2.05) is 19.2 Å². The quantitative estimate of drug-likeness (QED) is 0.725. The molecule has 1 aromatic rings. The van der Waals surface area contributed by atoms with Crippen LogP contribution in [0.15, 0.2) is 18.9 Å². The Hall–Kier alpha value is -0.710. The summed E-state index contributed by atoms with van der Waals surface area (Å²) in [4.78, 5) is 7.57. The topological polar surface area (TPSA) is 36.4 Å². The van der Waals surface area contributed by atoms with E-state index in [0.717, 1.165) is 18.1 Å². The molecule has 1 aromatic heterocycles. The smallest absolute Gasteiger partial charge is 0.0897 e. The maximum absolute atomic E-state index is 8.86. The van der Waals surface area contributed by atoms with E-state index < -0.39 is 0 Å². The minimum absolute atomic E-state index is 0.186. The number of aromatic nitrogens is 1. The fraction of sp³-hybridized carbons (Fsp3) is 0.500. The van der Waals surface area contributed by atoms with Crippen molar-refractivity contribution in [3.8, 4) is 0 Å². The van der Waals surface area contributed by atoms with Crippen LogP contribution in [0.25, 0.3) is 0 Å². The van der Waals surface area contributed by atoms with E-state index in [-0.39, 0.29) is 6.61 Å². The summed E-state index contributed by atoms with van der Waals surface area (Å²) in [6, 6.07) is 0. The van der Waals surface area contributed by atoms with E-state index in [9.17, 15) is 0 Å². The van der Waals surface area contributed by atoms with Crippen LogP contribution in [0.2, 0.25) is 0 Å². The predicted molar refractivity (Wildman–Crippen MR) is 59.4 cm³/mol. The molecule has 0 bridgehead atoms. The summed E-state index contributed by atoms with van der Waals surface area (Å²) in [5.41, 5.74) is 0. The number of thiazole rings is 1. The Balaban J connectivity index is 2.49. The van der Waals surface area contributed by atoms with Crippen LogP contribution in [0.4, 0.5) is 0 Å². The maximum atomic E-state index is 8.86. The summed E-state index contributed by atoms with van der Waals surface area (Å²) in [6.45, 7) is 8.21. The molecule has 0 radical (unpaired) electrons. The molecule has 0 saturated carbocycles. The third-order valence-electron chi connectivity index (χ3n) is 1.85. The molecule has 4 heteroatoms. The highest BCUT2D eigenvalue weighted by Crippen LogP contribution is 2.13. The van der Waals surface area contributed by atoms with Crippen molar-refractivity contribution in [3.63, 3.8) is 0 Å². The Morgan fingerprint density at radius 3 is 3.00 bits per heavy atom. The molecular weight excluding hydrogens is 196 g/mol. The van der Waals surface area contributed by atoms with Crippen LogP contribution in [-0.4, -0.2) is 34.7 Å². The third-order valence-corrected chi connectivity index (χ3v) is 2.75. The molecule has 0 aliphatic rings. The first-order valence-corrected chi connectivity index (χ1v) is 5.43. The molecule has 0 amide bonds. The molecule has 78 valence electrons. The number of aliphatic hydroxyl groups is 1. The van der Waals surface area contributed by atoms with Crippen molar-refractivity contribution in [1.29, 1.82) is 0 Å². The first kappa shape index (κ1) is 11.4. The fourth-order valence-corrected chi connectivity index (χ4v) is 2.10. The number of rotatable bonds is 6. The molecule has 0 unspecified atom stereocenters. The van der Waals surface area contributed by atoms with Crippen molar-refractivity contribution in [3.05, 3.63) is 28.7 Å². The minimum Gasteiger partial charge on any atom is -0.395 e. The molecule has 0 spiro atoms. The lowest BCUT2D eigenvalue weighted by molar-refractivity contribution is 0.204. The number of aryl methyl sites for hydroxylation is 1. The molecule has 0 aliphatic heterocycles. The Morgan fingerprint density at radius 2 is 2.50 bits per heavy atom. The van der Waals surface area contributed by atoms with Gasteiger partial charge in [-0.15, -0.1) is 17.9 Å². The monoisotopic (exact) mass is 212 g/mol. The summed E-state index contributed by atoms with van der Waals surface area (Å²) in [6.07, 6.45) is 3.75. The fourth-order valence-electron chi connectivity index (χ4n) is 1.26. The summed E-state index contributed by atoms with van der Waals surface area (Å²) < 4.78 is 0. The number of nitrogens with zero attached hydrogens (tertiary/aromatic N) is 2. The minimum atomic E-state index is 0.186. The maximum Gasteiger partial charge on any atom is 0.0897 e. The number of hydrogen-bond acceptors (Lipinski definition) is 4. The van der Waals surface area contributed by atoms with Crippen LogP contribution in [-0.2, 0) is 6.54 Å². The van der Waals surface area contributed by atoms with E-state index in [0.29, 0.717) is 6.54 Å². The van der Waals surface area contributed by atoms with Gasteiger partial charge >= 0.3 is 0 Å². The van der Waals surface area contributed by atoms with Gasteiger partial charge in [0, 0.05) is 30.7 Å². The normalized spacial score (nSPS) is 10.8. The van der Waals surface area contributed by atoms with E-state index in [2.05, 4.69) is 16.5 Å². The highest BCUT2D eigenvalue weighted by Gasteiger charge is 2.05. The average Bonchev–Trinajstić information content (AvgIpc) is 2.52. The first-order chi connectivity index (χ1) is 6.76. The average molecular weight is 212 g/mol. The van der Waals surface area contributed by atoms with Crippen LogP contribution >= 0.6 is 11.3 Å². The van der Waals surface area contributed by atoms with Gasteiger partial charge in [-0.3, -0.25) is 4.90 Å². The van der Waals surface area contributed by atoms with Crippen LogP contribution in [0, 0.1) is 6.92 Å². The first-order valence-electron chi connectivity index (χ1n) is 4.61. The van der Waals surface area contributed by atoms with Crippen LogP contribution in [0.1, 0.15) is 9.88 Å². The second-order valence-corrected chi connectivity index (χ2v) is 4.41. The molecule has 0 atom stereocenters. The molecule has 0 fully saturated rings. The summed E-state index contributed by atoms with van der Waals surface area (Å²) >= 11 is 1.70. The molecule has 1 heterocycles. The van der Waals surface area contributed by atoms with E-state index in [1.54, 1.807) is 11.3 Å². The molecule has 0 aromatic carbocycles. The molecule has 14 heavy (non-hydrogen) atoms. The van der Waals surface area contributed by atoms with Crippen molar-refractivity contribution in [2.45, 2.75) is 13.5 Å². The van der Waals surface area contributed by atoms with Crippen molar-refractivity contribution in [1.82, 2.24) is 9.88 Å². The van der Waals surface area contributed by atoms with Crippen molar-refractivity contribution in [2.75, 3.05) is 19.7 Å². The molecule has 3 nitrogen and oxygen atoms in total. The summed E-state index contributed by atoms with van der Waals surface area (Å²) in [5.74, 6) is 0. The lowest BCUT2D eigenvalue weighted by Gasteiger charge is -2.17. The van der Waals surface area contributed by atoms with Gasteiger partial charge in [0.1, 0.15) is 0 Å². The van der Waals surface area contributed by atoms with Gasteiger partial charge in [-0.2, -0.15) is 0 Å². The van der Waals surface area contributed by atoms with Crippen LogP contribution < -0.4 is 0 Å². The molecule has 0 saturated heterocycles. The number of hydrogen-bond donors (Lipinski definition) is 1. The van der Waals surface area contributed by atoms with Crippen molar-refractivity contribution in [2.24, 2.45) is 0 Å². The zero-order valence-corrected chi connectivity index (χ0v) is 9.26. The number of aliphatic hydroxyl groups excluding tert-OH is 1. The largest absolute Gasteiger partial charge is 0.395 e. The lowest BCUT2D eigenvalue weighted by Crippen LogP contribution is -2.26. The Labute approximate surface area is 88.7 Å². The predicted octanol–water partition coefficient (Wildman–Crippen LogP) is 1.43. The zero-order chi connectivity index (χ0) is 10.4.